The first-order valence-electron chi connectivity index (χ1n) is 5.64. The summed E-state index contributed by atoms with van der Waals surface area (Å²) in [7, 11) is 0. The zero-order valence-corrected chi connectivity index (χ0v) is 12.4. The lowest BCUT2D eigenvalue weighted by Crippen LogP contribution is -2.19. The predicted octanol–water partition coefficient (Wildman–Crippen LogP) is 4.38. The second kappa shape index (κ2) is 6.01. The summed E-state index contributed by atoms with van der Waals surface area (Å²) in [6.45, 7) is 2.00. The monoisotopic (exact) mass is 370 g/mol. The van der Waals surface area contributed by atoms with Crippen LogP contribution < -0.4 is 10.6 Å². The second-order valence-electron chi connectivity index (χ2n) is 4.05. The molecule has 0 fully saturated rings. The van der Waals surface area contributed by atoms with Crippen LogP contribution >= 0.6 is 22.6 Å². The highest BCUT2D eigenvalue weighted by Gasteiger charge is 2.04. The third-order valence-electron chi connectivity index (χ3n) is 2.53. The zero-order valence-electron chi connectivity index (χ0n) is 10.2. The average Bonchev–Trinajstić information content (AvgIpc) is 2.37. The number of hydrogen-bond acceptors (Lipinski definition) is 1. The van der Waals surface area contributed by atoms with Crippen LogP contribution in [0.25, 0.3) is 0 Å². The standard InChI is InChI=1S/C14H12FIN2O/c1-9-2-5-12(8-13(9)16)18-14(19)17-11-6-3-10(15)4-7-11/h2-8H,1H3,(H2,17,18,19). The van der Waals surface area contributed by atoms with Crippen molar-refractivity contribution in [3.63, 3.8) is 0 Å². The van der Waals surface area contributed by atoms with Gasteiger partial charge in [-0.25, -0.2) is 9.18 Å². The molecule has 2 aromatic rings. The van der Waals surface area contributed by atoms with Gasteiger partial charge in [0.15, 0.2) is 0 Å². The van der Waals surface area contributed by atoms with Gasteiger partial charge in [-0.2, -0.15) is 0 Å². The largest absolute Gasteiger partial charge is 0.323 e. The number of aryl methyl sites for hydroxylation is 1. The van der Waals surface area contributed by atoms with E-state index in [0.717, 1.165) is 14.8 Å². The van der Waals surface area contributed by atoms with Crippen LogP contribution in [0.15, 0.2) is 42.5 Å². The minimum atomic E-state index is -0.355. The Balaban J connectivity index is 2.01. The van der Waals surface area contributed by atoms with Gasteiger partial charge in [0.2, 0.25) is 0 Å². The van der Waals surface area contributed by atoms with Gasteiger partial charge in [-0.3, -0.25) is 0 Å². The van der Waals surface area contributed by atoms with Gasteiger partial charge in [0, 0.05) is 14.9 Å². The van der Waals surface area contributed by atoms with Crippen LogP contribution in [0.2, 0.25) is 0 Å². The van der Waals surface area contributed by atoms with Gasteiger partial charge in [-0.15, -0.1) is 0 Å². The molecule has 0 aliphatic heterocycles. The summed E-state index contributed by atoms with van der Waals surface area (Å²) < 4.78 is 13.8. The number of nitrogens with one attached hydrogen (secondary N) is 2. The Morgan fingerprint density at radius 2 is 1.63 bits per heavy atom. The maximum Gasteiger partial charge on any atom is 0.323 e. The highest BCUT2D eigenvalue weighted by atomic mass is 127. The van der Waals surface area contributed by atoms with E-state index in [1.807, 2.05) is 25.1 Å². The fourth-order valence-electron chi connectivity index (χ4n) is 1.50. The van der Waals surface area contributed by atoms with Gasteiger partial charge in [-0.1, -0.05) is 6.07 Å². The van der Waals surface area contributed by atoms with E-state index in [9.17, 15) is 9.18 Å². The van der Waals surface area contributed by atoms with Gasteiger partial charge in [0.05, 0.1) is 0 Å². The van der Waals surface area contributed by atoms with Crippen molar-refractivity contribution in [1.82, 2.24) is 0 Å². The number of rotatable bonds is 2. The molecule has 0 saturated heterocycles. The van der Waals surface area contributed by atoms with Gasteiger partial charge in [0.25, 0.3) is 0 Å². The molecule has 3 nitrogen and oxygen atoms in total. The first kappa shape index (κ1) is 13.8. The molecule has 0 aliphatic rings. The Kier molecular flexibility index (Phi) is 4.36. The fraction of sp³-hybridized carbons (Fsp3) is 0.0714. The minimum absolute atomic E-state index is 0.334. The third-order valence-corrected chi connectivity index (χ3v) is 3.69. The van der Waals surface area contributed by atoms with Gasteiger partial charge < -0.3 is 10.6 Å². The molecule has 0 radical (unpaired) electrons. The quantitative estimate of drug-likeness (QED) is 0.757. The second-order valence-corrected chi connectivity index (χ2v) is 5.21. The van der Waals surface area contributed by atoms with Crippen LogP contribution in [-0.2, 0) is 0 Å². The maximum absolute atomic E-state index is 12.7. The lowest BCUT2D eigenvalue weighted by Gasteiger charge is -2.08. The number of anilines is 2. The van der Waals surface area contributed by atoms with Crippen molar-refractivity contribution in [2.24, 2.45) is 0 Å². The Bertz CT molecular complexity index is 599. The lowest BCUT2D eigenvalue weighted by molar-refractivity contribution is 0.262. The number of benzene rings is 2. The summed E-state index contributed by atoms with van der Waals surface area (Å²) in [5, 5.41) is 5.36. The van der Waals surface area contributed by atoms with Crippen LogP contribution in [-0.4, -0.2) is 6.03 Å². The van der Waals surface area contributed by atoms with Crippen molar-refractivity contribution in [3.8, 4) is 0 Å². The third kappa shape index (κ3) is 3.92. The molecule has 0 aliphatic carbocycles. The van der Waals surface area contributed by atoms with Crippen LogP contribution in [0.1, 0.15) is 5.56 Å². The van der Waals surface area contributed by atoms with Gasteiger partial charge in [0.1, 0.15) is 5.82 Å². The SMILES string of the molecule is Cc1ccc(NC(=O)Nc2ccc(F)cc2)cc1I. The Labute approximate surface area is 124 Å². The summed E-state index contributed by atoms with van der Waals surface area (Å²) in [6, 6.07) is 10.9. The average molecular weight is 370 g/mol. The van der Waals surface area contributed by atoms with Crippen LogP contribution in [0.4, 0.5) is 20.6 Å². The first-order chi connectivity index (χ1) is 9.04. The van der Waals surface area contributed by atoms with Crippen LogP contribution in [0.5, 0.6) is 0 Å². The maximum atomic E-state index is 12.7. The summed E-state index contributed by atoms with van der Waals surface area (Å²) in [4.78, 5) is 11.7. The molecule has 0 heterocycles. The van der Waals surface area contributed by atoms with Crippen molar-refractivity contribution in [1.29, 1.82) is 0 Å². The summed E-state index contributed by atoms with van der Waals surface area (Å²) >= 11 is 2.21. The first-order valence-corrected chi connectivity index (χ1v) is 6.72. The number of hydrogen-bond donors (Lipinski definition) is 2. The van der Waals surface area contributed by atoms with Gasteiger partial charge >= 0.3 is 6.03 Å². The fourth-order valence-corrected chi connectivity index (χ4v) is 2.01. The van der Waals surface area contributed by atoms with E-state index in [1.54, 1.807) is 0 Å². The van der Waals surface area contributed by atoms with E-state index in [4.69, 9.17) is 0 Å². The van der Waals surface area contributed by atoms with E-state index >= 15 is 0 Å². The van der Waals surface area contributed by atoms with E-state index in [-0.39, 0.29) is 11.8 Å². The molecule has 2 aromatic carbocycles. The summed E-state index contributed by atoms with van der Waals surface area (Å²) in [5.74, 6) is -0.334. The lowest BCUT2D eigenvalue weighted by atomic mass is 10.2. The minimum Gasteiger partial charge on any atom is -0.308 e. The number of carbonyl (C=O) groups excluding carboxylic acids is 1. The van der Waals surface area contributed by atoms with Crippen molar-refractivity contribution in [2.45, 2.75) is 6.92 Å². The number of carbonyl (C=O) groups is 1. The molecular weight excluding hydrogens is 358 g/mol. The Morgan fingerprint density at radius 1 is 1.05 bits per heavy atom. The van der Waals surface area contributed by atoms with Crippen molar-refractivity contribution < 1.29 is 9.18 Å². The number of amides is 2. The van der Waals surface area contributed by atoms with Crippen molar-refractivity contribution in [2.75, 3.05) is 10.6 Å². The normalized spacial score (nSPS) is 10.1. The molecule has 0 aromatic heterocycles. The molecule has 19 heavy (non-hydrogen) atoms. The molecule has 2 rings (SSSR count). The summed E-state index contributed by atoms with van der Waals surface area (Å²) in [6.07, 6.45) is 0. The number of urea groups is 1. The molecule has 0 unspecified atom stereocenters. The Hall–Kier alpha value is -1.63. The van der Waals surface area contributed by atoms with Crippen LogP contribution in [0, 0.1) is 16.3 Å². The molecule has 0 spiro atoms. The molecule has 5 heteroatoms. The molecule has 0 bridgehead atoms. The van der Waals surface area contributed by atoms with E-state index in [1.165, 1.54) is 24.3 Å². The predicted molar refractivity (Wildman–Crippen MR) is 82.9 cm³/mol. The molecule has 2 N–H and O–H groups in total. The topological polar surface area (TPSA) is 41.1 Å². The van der Waals surface area contributed by atoms with E-state index in [0.29, 0.717) is 5.69 Å². The number of halogens is 2. The Morgan fingerprint density at radius 3 is 2.26 bits per heavy atom. The van der Waals surface area contributed by atoms with Crippen molar-refractivity contribution >= 4 is 40.0 Å². The van der Waals surface area contributed by atoms with Crippen molar-refractivity contribution in [3.05, 3.63) is 57.4 Å². The smallest absolute Gasteiger partial charge is 0.308 e. The van der Waals surface area contributed by atoms with Gasteiger partial charge in [-0.05, 0) is 71.5 Å². The van der Waals surface area contributed by atoms with Crippen LogP contribution in [0.3, 0.4) is 0 Å². The zero-order chi connectivity index (χ0) is 13.8. The summed E-state index contributed by atoms with van der Waals surface area (Å²) in [5.41, 5.74) is 2.42. The molecule has 98 valence electrons. The molecule has 2 amide bonds. The molecule has 0 atom stereocenters. The highest BCUT2D eigenvalue weighted by molar-refractivity contribution is 14.1. The van der Waals surface area contributed by atoms with E-state index < -0.39 is 0 Å². The highest BCUT2D eigenvalue weighted by Crippen LogP contribution is 2.17. The molecular formula is C14H12FIN2O. The van der Waals surface area contributed by atoms with E-state index in [2.05, 4.69) is 33.2 Å². The molecule has 0 saturated carbocycles.